The van der Waals surface area contributed by atoms with Gasteiger partial charge < -0.3 is 25.6 Å². The molecule has 1 heterocycles. The number of hydrogen-bond acceptors (Lipinski definition) is 4. The van der Waals surface area contributed by atoms with Crippen LogP contribution in [0.1, 0.15) is 42.4 Å². The minimum absolute atomic E-state index is 0.147. The van der Waals surface area contributed by atoms with Crippen molar-refractivity contribution in [2.75, 3.05) is 43.5 Å². The number of hydrogen-bond donors (Lipinski definition) is 2. The topological polar surface area (TPSA) is 66.1 Å². The van der Waals surface area contributed by atoms with Crippen LogP contribution >= 0.6 is 0 Å². The van der Waals surface area contributed by atoms with Gasteiger partial charge in [0.1, 0.15) is 5.75 Å². The van der Waals surface area contributed by atoms with Gasteiger partial charge in [-0.25, -0.2) is 4.99 Å². The number of anilines is 2. The fourth-order valence-corrected chi connectivity index (χ4v) is 5.12. The molecule has 4 rings (SSSR count). The smallest absolute Gasteiger partial charge is 0.198 e. The normalized spacial score (nSPS) is 21.8. The van der Waals surface area contributed by atoms with Gasteiger partial charge in [0.25, 0.3) is 0 Å². The molecular weight excluding hydrogens is 410 g/mol. The zero-order valence-corrected chi connectivity index (χ0v) is 20.6. The van der Waals surface area contributed by atoms with Gasteiger partial charge in [-0.15, -0.1) is 0 Å². The van der Waals surface area contributed by atoms with E-state index >= 15 is 0 Å². The summed E-state index contributed by atoms with van der Waals surface area (Å²) in [5.41, 5.74) is 12.6. The molecule has 2 aliphatic rings. The summed E-state index contributed by atoms with van der Waals surface area (Å²) in [6.45, 7) is 10.2. The molecule has 0 spiro atoms. The minimum Gasteiger partial charge on any atom is -0.497 e. The molecule has 1 saturated carbocycles. The van der Waals surface area contributed by atoms with Crippen LogP contribution in [0.25, 0.3) is 0 Å². The van der Waals surface area contributed by atoms with Gasteiger partial charge in [0.15, 0.2) is 5.96 Å². The monoisotopic (exact) mass is 449 g/mol. The van der Waals surface area contributed by atoms with Gasteiger partial charge in [0, 0.05) is 49.7 Å². The fourth-order valence-electron chi connectivity index (χ4n) is 5.12. The predicted octanol–water partition coefficient (Wildman–Crippen LogP) is 4.48. The van der Waals surface area contributed by atoms with Crippen molar-refractivity contribution in [3.63, 3.8) is 0 Å². The van der Waals surface area contributed by atoms with Crippen molar-refractivity contribution in [3.05, 3.63) is 53.1 Å². The fraction of sp³-hybridized carbons (Fsp3) is 0.519. The summed E-state index contributed by atoms with van der Waals surface area (Å²) in [4.78, 5) is 10.1. The molecule has 0 unspecified atom stereocenters. The zero-order valence-electron chi connectivity index (χ0n) is 20.6. The van der Waals surface area contributed by atoms with Gasteiger partial charge in [-0.3, -0.25) is 0 Å². The number of methoxy groups -OCH3 is 1. The Kier molecular flexibility index (Phi) is 7.43. The van der Waals surface area contributed by atoms with Gasteiger partial charge in [-0.2, -0.15) is 0 Å². The van der Waals surface area contributed by atoms with Crippen LogP contribution in [0.5, 0.6) is 5.75 Å². The summed E-state index contributed by atoms with van der Waals surface area (Å²) in [7, 11) is 1.72. The van der Waals surface area contributed by atoms with Gasteiger partial charge in [-0.1, -0.05) is 36.6 Å². The summed E-state index contributed by atoms with van der Waals surface area (Å²) >= 11 is 0. The lowest BCUT2D eigenvalue weighted by atomic mass is 9.91. The Morgan fingerprint density at radius 1 is 1.00 bits per heavy atom. The molecule has 0 radical (unpaired) electrons. The molecule has 0 aromatic heterocycles. The Morgan fingerprint density at radius 3 is 2.36 bits per heavy atom. The van der Waals surface area contributed by atoms with E-state index < -0.39 is 0 Å². The first-order chi connectivity index (χ1) is 15.9. The molecule has 2 fully saturated rings. The largest absolute Gasteiger partial charge is 0.497 e. The highest BCUT2D eigenvalue weighted by molar-refractivity contribution is 5.95. The lowest BCUT2D eigenvalue weighted by molar-refractivity contribution is 0.360. The quantitative estimate of drug-likeness (QED) is 0.532. The molecule has 6 nitrogen and oxygen atoms in total. The molecule has 2 aromatic rings. The van der Waals surface area contributed by atoms with E-state index in [1.54, 1.807) is 7.11 Å². The summed E-state index contributed by atoms with van der Waals surface area (Å²) < 4.78 is 5.42. The molecule has 1 aliphatic heterocycles. The number of benzene rings is 2. The Morgan fingerprint density at radius 2 is 1.70 bits per heavy atom. The average Bonchev–Trinajstić information content (AvgIpc) is 2.82. The van der Waals surface area contributed by atoms with E-state index in [2.05, 4.69) is 66.2 Å². The van der Waals surface area contributed by atoms with Crippen LogP contribution in [-0.4, -0.2) is 56.2 Å². The third kappa shape index (κ3) is 5.61. The van der Waals surface area contributed by atoms with E-state index in [0.29, 0.717) is 0 Å². The Bertz CT molecular complexity index is 957. The maximum atomic E-state index is 6.48. The number of ether oxygens (including phenoxy) is 1. The van der Waals surface area contributed by atoms with Crippen LogP contribution in [0.4, 0.5) is 11.4 Å². The number of nitrogens with two attached hydrogens (primary N) is 1. The third-order valence-electron chi connectivity index (χ3n) is 6.98. The van der Waals surface area contributed by atoms with Crippen molar-refractivity contribution in [2.45, 2.75) is 58.5 Å². The van der Waals surface area contributed by atoms with Crippen LogP contribution in [-0.2, 0) is 0 Å². The highest BCUT2D eigenvalue weighted by Gasteiger charge is 2.26. The van der Waals surface area contributed by atoms with Gasteiger partial charge in [-0.05, 0) is 56.9 Å². The third-order valence-corrected chi connectivity index (χ3v) is 6.98. The molecule has 3 N–H and O–H groups in total. The molecule has 0 amide bonds. The Labute approximate surface area is 198 Å². The van der Waals surface area contributed by atoms with Crippen LogP contribution < -0.4 is 20.7 Å². The van der Waals surface area contributed by atoms with Crippen molar-refractivity contribution in [1.82, 2.24) is 4.90 Å². The average molecular weight is 450 g/mol. The first kappa shape index (κ1) is 23.4. The molecule has 6 heteroatoms. The molecule has 33 heavy (non-hydrogen) atoms. The SMILES string of the molecule is COc1cccc(N2CCN(C(=N[C@H]3CCCC[C@@H]3N)Nc3c(C)cc(C)cc3C)CC2)c1. The van der Waals surface area contributed by atoms with Crippen LogP contribution in [0, 0.1) is 20.8 Å². The maximum Gasteiger partial charge on any atom is 0.198 e. The van der Waals surface area contributed by atoms with Gasteiger partial charge in [0.2, 0.25) is 0 Å². The van der Waals surface area contributed by atoms with Crippen molar-refractivity contribution < 1.29 is 4.74 Å². The molecule has 2 atom stereocenters. The number of aryl methyl sites for hydroxylation is 3. The van der Waals surface area contributed by atoms with E-state index in [1.807, 2.05) is 6.07 Å². The lowest BCUT2D eigenvalue weighted by Gasteiger charge is -2.39. The van der Waals surface area contributed by atoms with Crippen molar-refractivity contribution in [1.29, 1.82) is 0 Å². The lowest BCUT2D eigenvalue weighted by Crippen LogP contribution is -2.51. The summed E-state index contributed by atoms with van der Waals surface area (Å²) in [6.07, 6.45) is 4.56. The van der Waals surface area contributed by atoms with E-state index in [1.165, 1.54) is 40.9 Å². The zero-order chi connectivity index (χ0) is 23.4. The maximum absolute atomic E-state index is 6.48. The highest BCUT2D eigenvalue weighted by atomic mass is 16.5. The number of piperazine rings is 1. The van der Waals surface area contributed by atoms with E-state index in [-0.39, 0.29) is 12.1 Å². The van der Waals surface area contributed by atoms with Gasteiger partial charge in [0.05, 0.1) is 13.2 Å². The summed E-state index contributed by atoms with van der Waals surface area (Å²) in [6, 6.07) is 13.1. The molecule has 1 saturated heterocycles. The van der Waals surface area contributed by atoms with Gasteiger partial charge >= 0.3 is 0 Å². The first-order valence-electron chi connectivity index (χ1n) is 12.3. The second-order valence-corrected chi connectivity index (χ2v) is 9.54. The van der Waals surface area contributed by atoms with E-state index in [9.17, 15) is 0 Å². The predicted molar refractivity (Wildman–Crippen MR) is 139 cm³/mol. The molecule has 2 aromatic carbocycles. The van der Waals surface area contributed by atoms with Crippen molar-refractivity contribution >= 4 is 17.3 Å². The molecule has 178 valence electrons. The van der Waals surface area contributed by atoms with E-state index in [4.69, 9.17) is 15.5 Å². The highest BCUT2D eigenvalue weighted by Crippen LogP contribution is 2.26. The summed E-state index contributed by atoms with van der Waals surface area (Å²) in [5.74, 6) is 1.87. The first-order valence-corrected chi connectivity index (χ1v) is 12.3. The van der Waals surface area contributed by atoms with E-state index in [0.717, 1.165) is 50.7 Å². The molecule has 0 bridgehead atoms. The number of nitrogens with one attached hydrogen (secondary N) is 1. The Hall–Kier alpha value is -2.73. The number of aliphatic imine (C=N–C) groups is 1. The van der Waals surface area contributed by atoms with Crippen LogP contribution in [0.3, 0.4) is 0 Å². The molecule has 1 aliphatic carbocycles. The second-order valence-electron chi connectivity index (χ2n) is 9.54. The summed E-state index contributed by atoms with van der Waals surface area (Å²) in [5, 5.41) is 3.74. The number of rotatable bonds is 4. The number of nitrogens with zero attached hydrogens (tertiary/aromatic N) is 3. The minimum atomic E-state index is 0.147. The van der Waals surface area contributed by atoms with Crippen LogP contribution in [0.2, 0.25) is 0 Å². The second kappa shape index (κ2) is 10.5. The Balaban J connectivity index is 1.55. The number of guanidine groups is 1. The molecular formula is C27H39N5O. The standard InChI is InChI=1S/C27H39N5O/c1-19-16-20(2)26(21(3)17-19)30-27(29-25-11-6-5-10-24(25)28)32-14-12-31(13-15-32)22-8-7-9-23(18-22)33-4/h7-9,16-18,24-25H,5-6,10-15,28H2,1-4H3,(H,29,30)/t24-,25-/m0/s1. The van der Waals surface area contributed by atoms with Crippen molar-refractivity contribution in [2.24, 2.45) is 10.7 Å². The van der Waals surface area contributed by atoms with Crippen molar-refractivity contribution in [3.8, 4) is 5.75 Å². The van der Waals surface area contributed by atoms with Crippen LogP contribution in [0.15, 0.2) is 41.4 Å².